The average molecular weight is 438 g/mol. The highest BCUT2D eigenvalue weighted by Gasteiger charge is 2.52. The van der Waals surface area contributed by atoms with E-state index in [1.54, 1.807) is 34.9 Å². The van der Waals surface area contributed by atoms with Crippen LogP contribution < -0.4 is 5.32 Å². The normalized spacial score (nSPS) is 27.9. The third-order valence-electron chi connectivity index (χ3n) is 6.17. The summed E-state index contributed by atoms with van der Waals surface area (Å²) in [4.78, 5) is 26.9. The number of benzene rings is 1. The van der Waals surface area contributed by atoms with Crippen molar-refractivity contribution in [2.75, 3.05) is 24.2 Å². The minimum absolute atomic E-state index is 0.01000. The van der Waals surface area contributed by atoms with Crippen LogP contribution in [0.1, 0.15) is 44.6 Å². The molecular formula is C20H27N3O4S2. The highest BCUT2D eigenvalue weighted by atomic mass is 32.2. The van der Waals surface area contributed by atoms with E-state index in [4.69, 9.17) is 0 Å². The Bertz CT molecular complexity index is 943. The third kappa shape index (κ3) is 3.68. The SMILES string of the molecule is Cc1ccc(S(=O)(=O)N2CCCCC2)cc1NC(=O)[C@@H]1CS[C@@]2(C)CCC(=O)N12. The van der Waals surface area contributed by atoms with Gasteiger partial charge in [-0.1, -0.05) is 12.5 Å². The number of rotatable bonds is 4. The molecule has 0 bridgehead atoms. The number of carbonyl (C=O) groups excluding carboxylic acids is 2. The van der Waals surface area contributed by atoms with E-state index >= 15 is 0 Å². The van der Waals surface area contributed by atoms with Crippen LogP contribution in [-0.4, -0.2) is 59.2 Å². The van der Waals surface area contributed by atoms with Crippen LogP contribution in [0.4, 0.5) is 5.69 Å². The lowest BCUT2D eigenvalue weighted by molar-refractivity contribution is -0.135. The van der Waals surface area contributed by atoms with Gasteiger partial charge in [0, 0.05) is 31.0 Å². The van der Waals surface area contributed by atoms with Gasteiger partial charge in [-0.25, -0.2) is 8.42 Å². The number of thioether (sulfide) groups is 1. The van der Waals surface area contributed by atoms with Crippen molar-refractivity contribution in [2.45, 2.75) is 61.8 Å². The van der Waals surface area contributed by atoms with Crippen LogP contribution in [0, 0.1) is 6.92 Å². The van der Waals surface area contributed by atoms with Crippen molar-refractivity contribution in [2.24, 2.45) is 0 Å². The zero-order chi connectivity index (χ0) is 20.8. The van der Waals surface area contributed by atoms with E-state index in [1.807, 2.05) is 13.8 Å². The smallest absolute Gasteiger partial charge is 0.248 e. The Kier molecular flexibility index (Phi) is 5.41. The quantitative estimate of drug-likeness (QED) is 0.782. The van der Waals surface area contributed by atoms with E-state index in [0.29, 0.717) is 31.0 Å². The second-order valence-corrected chi connectivity index (χ2v) is 11.6. The number of nitrogens with zero attached hydrogens (tertiary/aromatic N) is 2. The summed E-state index contributed by atoms with van der Waals surface area (Å²) in [6.07, 6.45) is 4.01. The molecule has 3 aliphatic heterocycles. The number of amides is 2. The van der Waals surface area contributed by atoms with Crippen molar-refractivity contribution in [1.29, 1.82) is 0 Å². The van der Waals surface area contributed by atoms with Crippen molar-refractivity contribution >= 4 is 39.3 Å². The molecule has 29 heavy (non-hydrogen) atoms. The van der Waals surface area contributed by atoms with E-state index in [0.717, 1.165) is 31.2 Å². The van der Waals surface area contributed by atoms with Gasteiger partial charge in [0.25, 0.3) is 0 Å². The monoisotopic (exact) mass is 437 g/mol. The van der Waals surface area contributed by atoms with Crippen molar-refractivity contribution in [1.82, 2.24) is 9.21 Å². The predicted octanol–water partition coefficient (Wildman–Crippen LogP) is 2.56. The molecule has 3 heterocycles. The van der Waals surface area contributed by atoms with Gasteiger partial charge in [0.05, 0.1) is 9.77 Å². The largest absolute Gasteiger partial charge is 0.324 e. The Labute approximate surface area is 176 Å². The molecule has 0 aromatic heterocycles. The molecule has 2 atom stereocenters. The van der Waals surface area contributed by atoms with Crippen LogP contribution in [0.25, 0.3) is 0 Å². The highest BCUT2D eigenvalue weighted by molar-refractivity contribution is 8.01. The van der Waals surface area contributed by atoms with Crippen molar-refractivity contribution in [3.8, 4) is 0 Å². The number of anilines is 1. The first-order chi connectivity index (χ1) is 13.7. The van der Waals surface area contributed by atoms with Crippen LogP contribution in [-0.2, 0) is 19.6 Å². The van der Waals surface area contributed by atoms with Gasteiger partial charge in [-0.05, 0) is 50.8 Å². The van der Waals surface area contributed by atoms with E-state index in [2.05, 4.69) is 5.32 Å². The fourth-order valence-electron chi connectivity index (χ4n) is 4.38. The van der Waals surface area contributed by atoms with E-state index < -0.39 is 16.1 Å². The minimum Gasteiger partial charge on any atom is -0.324 e. The molecule has 3 fully saturated rings. The molecule has 1 aromatic carbocycles. The molecule has 0 unspecified atom stereocenters. The zero-order valence-electron chi connectivity index (χ0n) is 16.8. The van der Waals surface area contributed by atoms with Crippen molar-refractivity contribution in [3.05, 3.63) is 23.8 Å². The average Bonchev–Trinajstić information content (AvgIpc) is 3.20. The molecule has 3 saturated heterocycles. The van der Waals surface area contributed by atoms with Crippen LogP contribution in [0.2, 0.25) is 0 Å². The molecule has 4 rings (SSSR count). The van der Waals surface area contributed by atoms with Crippen LogP contribution in [0.3, 0.4) is 0 Å². The lowest BCUT2D eigenvalue weighted by Crippen LogP contribution is -2.48. The van der Waals surface area contributed by atoms with Crippen LogP contribution in [0.5, 0.6) is 0 Å². The number of sulfonamides is 1. The van der Waals surface area contributed by atoms with Crippen molar-refractivity contribution in [3.63, 3.8) is 0 Å². The number of fused-ring (bicyclic) bond motifs is 1. The van der Waals surface area contributed by atoms with Crippen molar-refractivity contribution < 1.29 is 18.0 Å². The number of hydrogen-bond donors (Lipinski definition) is 1. The van der Waals surface area contributed by atoms with Gasteiger partial charge >= 0.3 is 0 Å². The first-order valence-electron chi connectivity index (χ1n) is 10.1. The molecule has 3 aliphatic rings. The minimum atomic E-state index is -3.58. The molecule has 9 heteroatoms. The Morgan fingerprint density at radius 3 is 2.69 bits per heavy atom. The van der Waals surface area contributed by atoms with E-state index in [9.17, 15) is 18.0 Å². The summed E-state index contributed by atoms with van der Waals surface area (Å²) in [5, 5.41) is 2.89. The molecule has 0 radical (unpaired) electrons. The second kappa shape index (κ2) is 7.59. The maximum absolute atomic E-state index is 13.0. The number of nitrogens with one attached hydrogen (secondary N) is 1. The summed E-state index contributed by atoms with van der Waals surface area (Å²) in [6.45, 7) is 4.91. The first kappa shape index (κ1) is 20.7. The third-order valence-corrected chi connectivity index (χ3v) is 9.57. The Morgan fingerprint density at radius 2 is 1.97 bits per heavy atom. The maximum Gasteiger partial charge on any atom is 0.248 e. The Hall–Kier alpha value is -1.58. The molecule has 1 N–H and O–H groups in total. The molecule has 0 aliphatic carbocycles. The van der Waals surface area contributed by atoms with Gasteiger partial charge in [-0.2, -0.15) is 4.31 Å². The molecule has 158 valence electrons. The Balaban J connectivity index is 1.56. The maximum atomic E-state index is 13.0. The summed E-state index contributed by atoms with van der Waals surface area (Å²) >= 11 is 1.64. The van der Waals surface area contributed by atoms with Gasteiger partial charge < -0.3 is 10.2 Å². The van der Waals surface area contributed by atoms with Gasteiger partial charge in [0.2, 0.25) is 21.8 Å². The number of carbonyl (C=O) groups is 2. The summed E-state index contributed by atoms with van der Waals surface area (Å²) in [7, 11) is -3.58. The lowest BCUT2D eigenvalue weighted by atomic mass is 10.1. The van der Waals surface area contributed by atoms with Crippen LogP contribution >= 0.6 is 11.8 Å². The number of hydrogen-bond acceptors (Lipinski definition) is 5. The number of aryl methyl sites for hydroxylation is 1. The van der Waals surface area contributed by atoms with Gasteiger partial charge in [-0.15, -0.1) is 11.8 Å². The standard InChI is InChI=1S/C20H27N3O4S2/c1-14-6-7-15(29(26,27)22-10-4-3-5-11-22)12-16(14)21-19(25)17-13-28-20(2)9-8-18(24)23(17)20/h6-7,12,17H,3-5,8-11,13H2,1-2H3,(H,21,25)/t17-,20-/m0/s1. The highest BCUT2D eigenvalue weighted by Crippen LogP contribution is 2.47. The number of piperidine rings is 1. The molecular weight excluding hydrogens is 410 g/mol. The molecule has 0 spiro atoms. The fraction of sp³-hybridized carbons (Fsp3) is 0.600. The van der Waals surface area contributed by atoms with Crippen LogP contribution in [0.15, 0.2) is 23.1 Å². The topological polar surface area (TPSA) is 86.8 Å². The first-order valence-corrected chi connectivity index (χ1v) is 12.5. The lowest BCUT2D eigenvalue weighted by Gasteiger charge is -2.30. The van der Waals surface area contributed by atoms with Gasteiger partial charge in [0.1, 0.15) is 6.04 Å². The molecule has 7 nitrogen and oxygen atoms in total. The van der Waals surface area contributed by atoms with E-state index in [-0.39, 0.29) is 21.6 Å². The van der Waals surface area contributed by atoms with Gasteiger partial charge in [0.15, 0.2) is 0 Å². The molecule has 0 saturated carbocycles. The summed E-state index contributed by atoms with van der Waals surface area (Å²) in [5.74, 6) is 0.307. The summed E-state index contributed by atoms with van der Waals surface area (Å²) in [6, 6.07) is 4.34. The van der Waals surface area contributed by atoms with E-state index in [1.165, 1.54) is 4.31 Å². The second-order valence-electron chi connectivity index (χ2n) is 8.20. The molecule has 2 amide bonds. The fourth-order valence-corrected chi connectivity index (χ4v) is 7.36. The molecule has 1 aromatic rings. The predicted molar refractivity (Wildman–Crippen MR) is 113 cm³/mol. The van der Waals surface area contributed by atoms with Gasteiger partial charge in [-0.3, -0.25) is 9.59 Å². The summed E-state index contributed by atoms with van der Waals surface area (Å²) < 4.78 is 27.5. The zero-order valence-corrected chi connectivity index (χ0v) is 18.4. The Morgan fingerprint density at radius 1 is 1.24 bits per heavy atom. The summed E-state index contributed by atoms with van der Waals surface area (Å²) in [5.41, 5.74) is 1.27.